The molecule has 1 aromatic carbocycles. The number of rotatable bonds is 4. The Hall–Kier alpha value is -1.59. The highest BCUT2D eigenvalue weighted by molar-refractivity contribution is 5.97. The first-order chi connectivity index (χ1) is 11.2. The highest BCUT2D eigenvalue weighted by atomic mass is 16.5. The topological polar surface area (TPSA) is 50.8 Å². The molecule has 0 spiro atoms. The van der Waals surface area contributed by atoms with Gasteiger partial charge in [-0.2, -0.15) is 0 Å². The summed E-state index contributed by atoms with van der Waals surface area (Å²) < 4.78 is 11.3. The van der Waals surface area contributed by atoms with Gasteiger partial charge in [-0.25, -0.2) is 0 Å². The van der Waals surface area contributed by atoms with Gasteiger partial charge in [0.2, 0.25) is 0 Å². The SMILES string of the molecule is COc1ccccc1C(=O)N[C@@H]1C[C@H]2CO[C@H](C3CC3)CN2C1. The van der Waals surface area contributed by atoms with Crippen LogP contribution in [0, 0.1) is 5.92 Å². The molecule has 2 heterocycles. The number of amides is 1. The van der Waals surface area contributed by atoms with E-state index in [1.807, 2.05) is 24.3 Å². The lowest BCUT2D eigenvalue weighted by Crippen LogP contribution is -2.47. The van der Waals surface area contributed by atoms with Crippen LogP contribution in [0.25, 0.3) is 0 Å². The van der Waals surface area contributed by atoms with Crippen LogP contribution in [0.4, 0.5) is 0 Å². The van der Waals surface area contributed by atoms with Crippen molar-refractivity contribution in [2.24, 2.45) is 5.92 Å². The molecular weight excluding hydrogens is 292 g/mol. The monoisotopic (exact) mass is 316 g/mol. The molecule has 2 saturated heterocycles. The van der Waals surface area contributed by atoms with Crippen molar-refractivity contribution >= 4 is 5.91 Å². The Labute approximate surface area is 136 Å². The first-order valence-corrected chi connectivity index (χ1v) is 8.54. The normalized spacial score (nSPS) is 30.7. The minimum absolute atomic E-state index is 0.0491. The fraction of sp³-hybridized carbons (Fsp3) is 0.611. The van der Waals surface area contributed by atoms with Crippen LogP contribution in [0.2, 0.25) is 0 Å². The van der Waals surface area contributed by atoms with Crippen molar-refractivity contribution in [1.29, 1.82) is 0 Å². The predicted octanol–water partition coefficient (Wildman–Crippen LogP) is 1.68. The lowest BCUT2D eigenvalue weighted by atomic mass is 10.1. The van der Waals surface area contributed by atoms with Gasteiger partial charge in [0.25, 0.3) is 5.91 Å². The maximum absolute atomic E-state index is 12.5. The molecule has 23 heavy (non-hydrogen) atoms. The molecule has 1 saturated carbocycles. The largest absolute Gasteiger partial charge is 0.496 e. The fourth-order valence-electron chi connectivity index (χ4n) is 3.85. The molecule has 4 rings (SSSR count). The number of benzene rings is 1. The van der Waals surface area contributed by atoms with Crippen molar-refractivity contribution in [2.75, 3.05) is 26.8 Å². The van der Waals surface area contributed by atoms with Gasteiger partial charge >= 0.3 is 0 Å². The number of carbonyl (C=O) groups excluding carboxylic acids is 1. The van der Waals surface area contributed by atoms with Gasteiger partial charge in [0.1, 0.15) is 5.75 Å². The maximum Gasteiger partial charge on any atom is 0.255 e. The highest BCUT2D eigenvalue weighted by Crippen LogP contribution is 2.37. The van der Waals surface area contributed by atoms with Crippen LogP contribution in [0.15, 0.2) is 24.3 Å². The molecule has 1 aromatic rings. The number of hydrogen-bond donors (Lipinski definition) is 1. The smallest absolute Gasteiger partial charge is 0.255 e. The number of carbonyl (C=O) groups is 1. The van der Waals surface area contributed by atoms with E-state index in [2.05, 4.69) is 10.2 Å². The molecule has 3 fully saturated rings. The summed E-state index contributed by atoms with van der Waals surface area (Å²) in [7, 11) is 1.59. The summed E-state index contributed by atoms with van der Waals surface area (Å²) in [6.07, 6.45) is 4.02. The third-order valence-corrected chi connectivity index (χ3v) is 5.28. The molecular formula is C18H24N2O3. The van der Waals surface area contributed by atoms with Crippen molar-refractivity contribution < 1.29 is 14.3 Å². The summed E-state index contributed by atoms with van der Waals surface area (Å²) in [4.78, 5) is 15.0. The summed E-state index contributed by atoms with van der Waals surface area (Å²) in [5, 5.41) is 3.17. The number of morpholine rings is 1. The standard InChI is InChI=1S/C18H24N2O3/c1-22-16-5-3-2-4-15(16)18(21)19-13-8-14-11-23-17(12-6-7-12)10-20(14)9-13/h2-5,12-14,17H,6-11H2,1H3,(H,19,21)/t13-,14+,17+/m1/s1. The maximum atomic E-state index is 12.5. The van der Waals surface area contributed by atoms with Crippen molar-refractivity contribution in [2.45, 2.75) is 37.5 Å². The van der Waals surface area contributed by atoms with E-state index in [4.69, 9.17) is 9.47 Å². The van der Waals surface area contributed by atoms with Gasteiger partial charge in [0, 0.05) is 25.2 Å². The van der Waals surface area contributed by atoms with E-state index in [0.717, 1.165) is 32.0 Å². The second-order valence-corrected chi connectivity index (χ2v) is 6.92. The zero-order valence-electron chi connectivity index (χ0n) is 13.5. The molecule has 1 amide bonds. The van der Waals surface area contributed by atoms with Gasteiger partial charge in [0.05, 0.1) is 25.4 Å². The third-order valence-electron chi connectivity index (χ3n) is 5.28. The summed E-state index contributed by atoms with van der Waals surface area (Å²) >= 11 is 0. The molecule has 3 atom stereocenters. The van der Waals surface area contributed by atoms with Crippen molar-refractivity contribution in [3.8, 4) is 5.75 Å². The molecule has 5 heteroatoms. The Morgan fingerprint density at radius 2 is 2.13 bits per heavy atom. The summed E-state index contributed by atoms with van der Waals surface area (Å²) in [6, 6.07) is 8.01. The second-order valence-electron chi connectivity index (χ2n) is 6.92. The molecule has 1 aliphatic carbocycles. The van der Waals surface area contributed by atoms with E-state index in [1.54, 1.807) is 7.11 Å². The van der Waals surface area contributed by atoms with Crippen LogP contribution in [0.1, 0.15) is 29.6 Å². The number of nitrogens with one attached hydrogen (secondary N) is 1. The number of para-hydroxylation sites is 1. The molecule has 3 aliphatic rings. The number of fused-ring (bicyclic) bond motifs is 1. The van der Waals surface area contributed by atoms with E-state index in [1.165, 1.54) is 12.8 Å². The number of ether oxygens (including phenoxy) is 2. The first-order valence-electron chi connectivity index (χ1n) is 8.54. The van der Waals surface area contributed by atoms with E-state index in [0.29, 0.717) is 23.5 Å². The molecule has 124 valence electrons. The van der Waals surface area contributed by atoms with Crippen molar-refractivity contribution in [3.05, 3.63) is 29.8 Å². The molecule has 0 radical (unpaired) electrons. The Bertz CT molecular complexity index is 587. The first kappa shape index (κ1) is 15.0. The second kappa shape index (κ2) is 6.13. The Morgan fingerprint density at radius 1 is 1.30 bits per heavy atom. The van der Waals surface area contributed by atoms with Crippen LogP contribution >= 0.6 is 0 Å². The van der Waals surface area contributed by atoms with Crippen LogP contribution in [0.5, 0.6) is 5.75 Å². The number of methoxy groups -OCH3 is 1. The minimum atomic E-state index is -0.0491. The zero-order valence-corrected chi connectivity index (χ0v) is 13.5. The zero-order chi connectivity index (χ0) is 15.8. The number of nitrogens with zero attached hydrogens (tertiary/aromatic N) is 1. The lowest BCUT2D eigenvalue weighted by Gasteiger charge is -2.35. The van der Waals surface area contributed by atoms with Gasteiger partial charge in [-0.3, -0.25) is 9.69 Å². The minimum Gasteiger partial charge on any atom is -0.496 e. The Balaban J connectivity index is 1.37. The van der Waals surface area contributed by atoms with Crippen molar-refractivity contribution in [3.63, 3.8) is 0 Å². The molecule has 0 unspecified atom stereocenters. The van der Waals surface area contributed by atoms with E-state index >= 15 is 0 Å². The Morgan fingerprint density at radius 3 is 2.91 bits per heavy atom. The van der Waals surface area contributed by atoms with Crippen LogP contribution < -0.4 is 10.1 Å². The van der Waals surface area contributed by atoms with E-state index in [9.17, 15) is 4.79 Å². The lowest BCUT2D eigenvalue weighted by molar-refractivity contribution is -0.0581. The van der Waals surface area contributed by atoms with Crippen LogP contribution in [-0.4, -0.2) is 55.8 Å². The summed E-state index contributed by atoms with van der Waals surface area (Å²) in [6.45, 7) is 2.76. The van der Waals surface area contributed by atoms with Crippen LogP contribution in [0.3, 0.4) is 0 Å². The molecule has 2 aliphatic heterocycles. The van der Waals surface area contributed by atoms with Crippen LogP contribution in [-0.2, 0) is 4.74 Å². The summed E-state index contributed by atoms with van der Waals surface area (Å²) in [5.74, 6) is 1.35. The van der Waals surface area contributed by atoms with Gasteiger partial charge in [-0.1, -0.05) is 12.1 Å². The van der Waals surface area contributed by atoms with Gasteiger partial charge in [-0.15, -0.1) is 0 Å². The van der Waals surface area contributed by atoms with Gasteiger partial charge < -0.3 is 14.8 Å². The molecule has 1 N–H and O–H groups in total. The van der Waals surface area contributed by atoms with E-state index < -0.39 is 0 Å². The highest BCUT2D eigenvalue weighted by Gasteiger charge is 2.42. The van der Waals surface area contributed by atoms with Gasteiger partial charge in [-0.05, 0) is 37.3 Å². The molecule has 0 aromatic heterocycles. The quantitative estimate of drug-likeness (QED) is 0.918. The van der Waals surface area contributed by atoms with E-state index in [-0.39, 0.29) is 11.9 Å². The fourth-order valence-corrected chi connectivity index (χ4v) is 3.85. The number of hydrogen-bond acceptors (Lipinski definition) is 4. The predicted molar refractivity (Wildman–Crippen MR) is 86.7 cm³/mol. The average molecular weight is 316 g/mol. The molecule has 5 nitrogen and oxygen atoms in total. The van der Waals surface area contributed by atoms with Gasteiger partial charge in [0.15, 0.2) is 0 Å². The van der Waals surface area contributed by atoms with Crippen molar-refractivity contribution in [1.82, 2.24) is 10.2 Å². The third kappa shape index (κ3) is 3.08. The molecule has 0 bridgehead atoms. The Kier molecular flexibility index (Phi) is 3.99. The summed E-state index contributed by atoms with van der Waals surface area (Å²) in [5.41, 5.74) is 0.604. The average Bonchev–Trinajstić information content (AvgIpc) is 3.35.